The summed E-state index contributed by atoms with van der Waals surface area (Å²) in [7, 11) is 4.56. The average Bonchev–Trinajstić information content (AvgIpc) is 2.82. The number of hydrogen-bond acceptors (Lipinski definition) is 6. The number of carbonyl (C=O) groups is 2. The van der Waals surface area contributed by atoms with Crippen LogP contribution in [0, 0.1) is 0 Å². The smallest absolute Gasteiger partial charge is 0.263 e. The van der Waals surface area contributed by atoms with Crippen molar-refractivity contribution in [2.45, 2.75) is 4.90 Å². The number of nitrogens with one attached hydrogen (secondary N) is 1. The van der Waals surface area contributed by atoms with E-state index in [9.17, 15) is 9.59 Å². The van der Waals surface area contributed by atoms with Crippen LogP contribution < -0.4 is 19.5 Å². The number of ketones is 1. The van der Waals surface area contributed by atoms with E-state index in [-0.39, 0.29) is 17.4 Å². The normalized spacial score (nSPS) is 10.3. The van der Waals surface area contributed by atoms with Crippen molar-refractivity contribution in [2.75, 3.05) is 32.4 Å². The van der Waals surface area contributed by atoms with E-state index >= 15 is 0 Å². The van der Waals surface area contributed by atoms with E-state index < -0.39 is 0 Å². The van der Waals surface area contributed by atoms with Crippen LogP contribution in [0.3, 0.4) is 0 Å². The van der Waals surface area contributed by atoms with Gasteiger partial charge < -0.3 is 19.5 Å². The van der Waals surface area contributed by atoms with E-state index in [0.29, 0.717) is 34.1 Å². The molecule has 0 aliphatic carbocycles. The van der Waals surface area contributed by atoms with E-state index in [1.54, 1.807) is 49.6 Å². The van der Waals surface area contributed by atoms with Crippen molar-refractivity contribution >= 4 is 29.1 Å². The Hall–Kier alpha value is -3.45. The lowest BCUT2D eigenvalue weighted by Crippen LogP contribution is -2.14. The molecule has 3 aromatic carbocycles. The molecule has 3 aromatic rings. The first kappa shape index (κ1) is 22.2. The van der Waals surface area contributed by atoms with Crippen LogP contribution in [-0.4, -0.2) is 38.8 Å². The molecule has 0 saturated heterocycles. The van der Waals surface area contributed by atoms with Crippen LogP contribution in [0.4, 0.5) is 5.69 Å². The Kier molecular flexibility index (Phi) is 7.56. The van der Waals surface area contributed by atoms with Gasteiger partial charge >= 0.3 is 0 Å². The zero-order chi connectivity index (χ0) is 22.2. The van der Waals surface area contributed by atoms with Crippen LogP contribution in [0.5, 0.6) is 17.2 Å². The molecule has 0 spiro atoms. The SMILES string of the molecule is COc1ccccc1C(=O)CSc1ccc(NC(=O)c2c(OC)cccc2OC)cc1. The number of carbonyl (C=O) groups excluding carboxylic acids is 2. The number of thioether (sulfide) groups is 1. The highest BCUT2D eigenvalue weighted by Gasteiger charge is 2.18. The number of ether oxygens (including phenoxy) is 3. The van der Waals surface area contributed by atoms with E-state index in [0.717, 1.165) is 4.90 Å². The van der Waals surface area contributed by atoms with Gasteiger partial charge in [0, 0.05) is 10.6 Å². The van der Waals surface area contributed by atoms with Gasteiger partial charge in [-0.05, 0) is 48.5 Å². The monoisotopic (exact) mass is 437 g/mol. The third-order valence-electron chi connectivity index (χ3n) is 4.54. The van der Waals surface area contributed by atoms with Gasteiger partial charge in [-0.25, -0.2) is 0 Å². The van der Waals surface area contributed by atoms with Crippen LogP contribution in [-0.2, 0) is 0 Å². The molecule has 1 N–H and O–H groups in total. The topological polar surface area (TPSA) is 73.9 Å². The van der Waals surface area contributed by atoms with Gasteiger partial charge in [0.25, 0.3) is 5.91 Å². The molecule has 7 heteroatoms. The van der Waals surface area contributed by atoms with Crippen molar-refractivity contribution in [3.05, 3.63) is 77.9 Å². The summed E-state index contributed by atoms with van der Waals surface area (Å²) in [4.78, 5) is 26.2. The fraction of sp³-hybridized carbons (Fsp3) is 0.167. The minimum Gasteiger partial charge on any atom is -0.496 e. The largest absolute Gasteiger partial charge is 0.496 e. The second-order valence-electron chi connectivity index (χ2n) is 6.43. The highest BCUT2D eigenvalue weighted by molar-refractivity contribution is 8.00. The first-order chi connectivity index (χ1) is 15.1. The molecule has 0 aliphatic heterocycles. The summed E-state index contributed by atoms with van der Waals surface area (Å²) in [6.07, 6.45) is 0. The Morgan fingerprint density at radius 1 is 0.774 bits per heavy atom. The second-order valence-corrected chi connectivity index (χ2v) is 7.48. The van der Waals surface area contributed by atoms with Crippen LogP contribution in [0.2, 0.25) is 0 Å². The molecule has 31 heavy (non-hydrogen) atoms. The lowest BCUT2D eigenvalue weighted by atomic mass is 10.1. The Morgan fingerprint density at radius 3 is 1.97 bits per heavy atom. The number of amides is 1. The maximum atomic E-state index is 12.8. The first-order valence-electron chi connectivity index (χ1n) is 9.48. The molecular formula is C24H23NO5S. The van der Waals surface area contributed by atoms with Crippen molar-refractivity contribution in [2.24, 2.45) is 0 Å². The zero-order valence-electron chi connectivity index (χ0n) is 17.5. The summed E-state index contributed by atoms with van der Waals surface area (Å²) in [5, 5.41) is 2.85. The van der Waals surface area contributed by atoms with Crippen LogP contribution in [0.25, 0.3) is 0 Å². The van der Waals surface area contributed by atoms with Gasteiger partial charge in [0.1, 0.15) is 22.8 Å². The van der Waals surface area contributed by atoms with Crippen molar-refractivity contribution in [3.63, 3.8) is 0 Å². The van der Waals surface area contributed by atoms with Crippen LogP contribution in [0.15, 0.2) is 71.6 Å². The number of para-hydroxylation sites is 1. The van der Waals surface area contributed by atoms with E-state index in [2.05, 4.69) is 5.32 Å². The Labute approximate surface area is 185 Å². The van der Waals surface area contributed by atoms with E-state index in [1.807, 2.05) is 24.3 Å². The highest BCUT2D eigenvalue weighted by Crippen LogP contribution is 2.30. The lowest BCUT2D eigenvalue weighted by molar-refractivity contribution is 0.101. The Morgan fingerprint density at radius 2 is 1.35 bits per heavy atom. The fourth-order valence-electron chi connectivity index (χ4n) is 3.00. The first-order valence-corrected chi connectivity index (χ1v) is 10.5. The highest BCUT2D eigenvalue weighted by atomic mass is 32.2. The lowest BCUT2D eigenvalue weighted by Gasteiger charge is -2.13. The molecule has 0 aliphatic rings. The number of methoxy groups -OCH3 is 3. The average molecular weight is 438 g/mol. The van der Waals surface area contributed by atoms with Gasteiger partial charge in [-0.3, -0.25) is 9.59 Å². The number of rotatable bonds is 9. The van der Waals surface area contributed by atoms with Crippen molar-refractivity contribution in [3.8, 4) is 17.2 Å². The molecule has 0 unspecified atom stereocenters. The summed E-state index contributed by atoms with van der Waals surface area (Å²) in [6, 6.07) is 19.6. The molecule has 1 amide bonds. The number of benzene rings is 3. The molecule has 0 radical (unpaired) electrons. The Bertz CT molecular complexity index is 1040. The molecule has 0 atom stereocenters. The van der Waals surface area contributed by atoms with Gasteiger partial charge in [-0.2, -0.15) is 0 Å². The van der Waals surface area contributed by atoms with Gasteiger partial charge in [-0.1, -0.05) is 18.2 Å². The number of hydrogen-bond donors (Lipinski definition) is 1. The quantitative estimate of drug-likeness (QED) is 0.378. The third kappa shape index (κ3) is 5.38. The zero-order valence-corrected chi connectivity index (χ0v) is 18.3. The summed E-state index contributed by atoms with van der Waals surface area (Å²) >= 11 is 1.42. The summed E-state index contributed by atoms with van der Waals surface area (Å²) < 4.78 is 15.8. The predicted octanol–water partition coefficient (Wildman–Crippen LogP) is 4.94. The fourth-order valence-corrected chi connectivity index (χ4v) is 3.79. The molecular weight excluding hydrogens is 414 g/mol. The molecule has 3 rings (SSSR count). The molecule has 0 heterocycles. The maximum Gasteiger partial charge on any atom is 0.263 e. The molecule has 0 aromatic heterocycles. The Balaban J connectivity index is 1.65. The number of Topliss-reactive ketones (excluding diaryl/α,β-unsaturated/α-hetero) is 1. The van der Waals surface area contributed by atoms with E-state index in [1.165, 1.54) is 26.0 Å². The van der Waals surface area contributed by atoms with Crippen molar-refractivity contribution < 1.29 is 23.8 Å². The minimum absolute atomic E-state index is 0.0110. The molecule has 160 valence electrons. The van der Waals surface area contributed by atoms with Crippen LogP contribution >= 0.6 is 11.8 Å². The molecule has 6 nitrogen and oxygen atoms in total. The molecule has 0 bridgehead atoms. The van der Waals surface area contributed by atoms with Crippen molar-refractivity contribution in [1.29, 1.82) is 0 Å². The predicted molar refractivity (Wildman–Crippen MR) is 122 cm³/mol. The van der Waals surface area contributed by atoms with Crippen molar-refractivity contribution in [1.82, 2.24) is 0 Å². The summed E-state index contributed by atoms with van der Waals surface area (Å²) in [5.41, 5.74) is 1.51. The van der Waals surface area contributed by atoms with Crippen LogP contribution in [0.1, 0.15) is 20.7 Å². The summed E-state index contributed by atoms with van der Waals surface area (Å²) in [5.74, 6) is 1.37. The summed E-state index contributed by atoms with van der Waals surface area (Å²) in [6.45, 7) is 0. The van der Waals surface area contributed by atoms with Gasteiger partial charge in [-0.15, -0.1) is 11.8 Å². The maximum absolute atomic E-state index is 12.8. The molecule has 0 saturated carbocycles. The van der Waals surface area contributed by atoms with E-state index in [4.69, 9.17) is 14.2 Å². The molecule has 0 fully saturated rings. The van der Waals surface area contributed by atoms with Gasteiger partial charge in [0.2, 0.25) is 0 Å². The standard InChI is InChI=1S/C24H23NO5S/c1-28-20-8-5-4-7-18(20)19(26)15-31-17-13-11-16(12-14-17)25-24(27)23-21(29-2)9-6-10-22(23)30-3/h4-14H,15H2,1-3H3,(H,25,27). The number of anilines is 1. The minimum atomic E-state index is -0.332. The van der Waals surface area contributed by atoms with Gasteiger partial charge in [0.15, 0.2) is 5.78 Å². The third-order valence-corrected chi connectivity index (χ3v) is 5.56. The van der Waals surface area contributed by atoms with Gasteiger partial charge in [0.05, 0.1) is 32.6 Å². The second kappa shape index (κ2) is 10.5.